The van der Waals surface area contributed by atoms with Crippen LogP contribution in [0.15, 0.2) is 12.4 Å². The minimum atomic E-state index is 0.159. The molecule has 0 radical (unpaired) electrons. The van der Waals surface area contributed by atoms with E-state index >= 15 is 0 Å². The Morgan fingerprint density at radius 3 is 2.76 bits per heavy atom. The predicted octanol–water partition coefficient (Wildman–Crippen LogP) is 2.29. The van der Waals surface area contributed by atoms with Crippen molar-refractivity contribution in [2.45, 2.75) is 64.6 Å². The van der Waals surface area contributed by atoms with Crippen LogP contribution in [0.4, 0.5) is 0 Å². The molecule has 1 aromatic rings. The van der Waals surface area contributed by atoms with Crippen molar-refractivity contribution in [2.24, 2.45) is 0 Å². The molecule has 0 unspecified atom stereocenters. The fraction of sp³-hybridized carbons (Fsp3) is 0.789. The Bertz CT molecular complexity index is 539. The molecule has 25 heavy (non-hydrogen) atoms. The second-order valence-electron chi connectivity index (χ2n) is 7.29. The van der Waals surface area contributed by atoms with E-state index in [4.69, 9.17) is 4.74 Å². The molecular weight excluding hydrogens is 316 g/mol. The van der Waals surface area contributed by atoms with Crippen LogP contribution in [0.2, 0.25) is 0 Å². The van der Waals surface area contributed by atoms with Crippen molar-refractivity contribution in [3.05, 3.63) is 18.0 Å². The molecule has 1 aliphatic heterocycles. The smallest absolute Gasteiger partial charge is 0.248 e. The Morgan fingerprint density at radius 1 is 1.16 bits per heavy atom. The van der Waals surface area contributed by atoms with Crippen molar-refractivity contribution >= 4 is 5.91 Å². The van der Waals surface area contributed by atoms with Crippen LogP contribution in [0.25, 0.3) is 0 Å². The van der Waals surface area contributed by atoms with Gasteiger partial charge in [-0.15, -0.1) is 0 Å². The highest BCUT2D eigenvalue weighted by atomic mass is 16.5. The Labute approximate surface area is 151 Å². The summed E-state index contributed by atoms with van der Waals surface area (Å²) in [7, 11) is 0. The number of carbonyl (C=O) groups excluding carboxylic acids is 1. The van der Waals surface area contributed by atoms with E-state index in [2.05, 4.69) is 23.1 Å². The standard InChI is InChI=1S/C19H32N4O2/c1-2-23-15-17(13-20-23)14-21-9-6-10-22(12-11-21)19(24)16-25-18-7-4-3-5-8-18/h13,15,18H,2-12,14,16H2,1H3. The minimum absolute atomic E-state index is 0.159. The lowest BCUT2D eigenvalue weighted by Gasteiger charge is -2.25. The van der Waals surface area contributed by atoms with Gasteiger partial charge >= 0.3 is 0 Å². The van der Waals surface area contributed by atoms with Crippen LogP contribution in [-0.4, -0.2) is 64.4 Å². The zero-order chi connectivity index (χ0) is 17.5. The number of hydrogen-bond donors (Lipinski definition) is 0. The molecule has 1 aromatic heterocycles. The van der Waals surface area contributed by atoms with Gasteiger partial charge in [0.15, 0.2) is 0 Å². The maximum atomic E-state index is 12.5. The molecule has 0 spiro atoms. The van der Waals surface area contributed by atoms with Crippen molar-refractivity contribution < 1.29 is 9.53 Å². The molecule has 1 amide bonds. The Kier molecular flexibility index (Phi) is 6.87. The van der Waals surface area contributed by atoms with E-state index in [-0.39, 0.29) is 12.5 Å². The molecule has 0 bridgehead atoms. The monoisotopic (exact) mass is 348 g/mol. The van der Waals surface area contributed by atoms with Crippen LogP contribution in [0, 0.1) is 0 Å². The molecule has 6 heteroatoms. The number of amides is 1. The molecule has 2 fully saturated rings. The molecule has 1 saturated heterocycles. The number of aromatic nitrogens is 2. The van der Waals surface area contributed by atoms with Crippen LogP contribution in [0.1, 0.15) is 51.0 Å². The molecule has 1 aliphatic carbocycles. The van der Waals surface area contributed by atoms with Gasteiger partial charge in [0.05, 0.1) is 12.3 Å². The van der Waals surface area contributed by atoms with Gasteiger partial charge in [-0.2, -0.15) is 5.10 Å². The van der Waals surface area contributed by atoms with Crippen LogP contribution >= 0.6 is 0 Å². The van der Waals surface area contributed by atoms with Crippen LogP contribution in [0.5, 0.6) is 0 Å². The molecule has 2 aliphatic rings. The number of hydrogen-bond acceptors (Lipinski definition) is 4. The molecule has 0 aromatic carbocycles. The fourth-order valence-corrected chi connectivity index (χ4v) is 3.81. The summed E-state index contributed by atoms with van der Waals surface area (Å²) in [6.07, 6.45) is 11.4. The lowest BCUT2D eigenvalue weighted by atomic mass is 9.98. The first-order valence-electron chi connectivity index (χ1n) is 9.87. The number of aryl methyl sites for hydroxylation is 1. The third-order valence-corrected chi connectivity index (χ3v) is 5.35. The quantitative estimate of drug-likeness (QED) is 0.791. The first-order valence-corrected chi connectivity index (χ1v) is 9.87. The van der Waals surface area contributed by atoms with Gasteiger partial charge in [-0.3, -0.25) is 14.4 Å². The summed E-state index contributed by atoms with van der Waals surface area (Å²) in [5.41, 5.74) is 1.25. The molecule has 140 valence electrons. The topological polar surface area (TPSA) is 50.6 Å². The van der Waals surface area contributed by atoms with Crippen LogP contribution in [0.3, 0.4) is 0 Å². The van der Waals surface area contributed by atoms with Crippen molar-refractivity contribution in [3.8, 4) is 0 Å². The van der Waals surface area contributed by atoms with Gasteiger partial charge in [-0.25, -0.2) is 0 Å². The highest BCUT2D eigenvalue weighted by Gasteiger charge is 2.21. The average molecular weight is 348 g/mol. The maximum Gasteiger partial charge on any atom is 0.248 e. The Morgan fingerprint density at radius 2 is 2.00 bits per heavy atom. The zero-order valence-corrected chi connectivity index (χ0v) is 15.5. The maximum absolute atomic E-state index is 12.5. The van der Waals surface area contributed by atoms with Crippen molar-refractivity contribution in [2.75, 3.05) is 32.8 Å². The molecule has 1 saturated carbocycles. The van der Waals surface area contributed by atoms with Gasteiger partial charge in [-0.05, 0) is 26.2 Å². The second-order valence-corrected chi connectivity index (χ2v) is 7.29. The lowest BCUT2D eigenvalue weighted by Crippen LogP contribution is -2.38. The Hall–Kier alpha value is -1.40. The molecular formula is C19H32N4O2. The summed E-state index contributed by atoms with van der Waals surface area (Å²) >= 11 is 0. The Balaban J connectivity index is 1.41. The highest BCUT2D eigenvalue weighted by molar-refractivity contribution is 5.77. The summed E-state index contributed by atoms with van der Waals surface area (Å²) in [6.45, 7) is 7.78. The third-order valence-electron chi connectivity index (χ3n) is 5.35. The van der Waals surface area contributed by atoms with Crippen LogP contribution in [-0.2, 0) is 22.6 Å². The van der Waals surface area contributed by atoms with Crippen molar-refractivity contribution in [1.82, 2.24) is 19.6 Å². The van der Waals surface area contributed by atoms with E-state index in [1.165, 1.54) is 24.8 Å². The highest BCUT2D eigenvalue weighted by Crippen LogP contribution is 2.20. The van der Waals surface area contributed by atoms with Gasteiger partial charge in [-0.1, -0.05) is 19.3 Å². The largest absolute Gasteiger partial charge is 0.368 e. The van der Waals surface area contributed by atoms with Gasteiger partial charge in [0, 0.05) is 51.0 Å². The predicted molar refractivity (Wildman–Crippen MR) is 97.2 cm³/mol. The lowest BCUT2D eigenvalue weighted by molar-refractivity contribution is -0.138. The molecule has 0 atom stereocenters. The SMILES string of the molecule is CCn1cc(CN2CCCN(C(=O)COC3CCCCC3)CC2)cn1. The summed E-state index contributed by atoms with van der Waals surface area (Å²) in [5, 5.41) is 4.34. The zero-order valence-electron chi connectivity index (χ0n) is 15.5. The first kappa shape index (κ1) is 18.4. The van der Waals surface area contributed by atoms with E-state index in [0.29, 0.717) is 6.10 Å². The number of carbonyl (C=O) groups is 1. The molecule has 3 rings (SSSR count). The normalized spacial score (nSPS) is 20.6. The van der Waals surface area contributed by atoms with E-state index in [1.807, 2.05) is 15.8 Å². The van der Waals surface area contributed by atoms with E-state index < -0.39 is 0 Å². The molecule has 0 N–H and O–H groups in total. The minimum Gasteiger partial charge on any atom is -0.368 e. The van der Waals surface area contributed by atoms with Gasteiger partial charge in [0.2, 0.25) is 5.91 Å². The van der Waals surface area contributed by atoms with Crippen molar-refractivity contribution in [3.63, 3.8) is 0 Å². The van der Waals surface area contributed by atoms with E-state index in [0.717, 1.165) is 58.5 Å². The third kappa shape index (κ3) is 5.54. The molecule has 6 nitrogen and oxygen atoms in total. The summed E-state index contributed by atoms with van der Waals surface area (Å²) in [4.78, 5) is 16.9. The average Bonchev–Trinajstić information content (AvgIpc) is 2.97. The van der Waals surface area contributed by atoms with Gasteiger partial charge < -0.3 is 9.64 Å². The number of rotatable bonds is 6. The van der Waals surface area contributed by atoms with E-state index in [1.54, 1.807) is 0 Å². The van der Waals surface area contributed by atoms with Gasteiger partial charge in [0.1, 0.15) is 6.61 Å². The fourth-order valence-electron chi connectivity index (χ4n) is 3.81. The van der Waals surface area contributed by atoms with Crippen LogP contribution < -0.4 is 0 Å². The second kappa shape index (κ2) is 9.34. The molecule has 2 heterocycles. The summed E-state index contributed by atoms with van der Waals surface area (Å²) in [5.74, 6) is 0.159. The van der Waals surface area contributed by atoms with E-state index in [9.17, 15) is 4.79 Å². The first-order chi connectivity index (χ1) is 12.2. The van der Waals surface area contributed by atoms with Crippen molar-refractivity contribution in [1.29, 1.82) is 0 Å². The summed E-state index contributed by atoms with van der Waals surface area (Å²) in [6, 6.07) is 0. The van der Waals surface area contributed by atoms with Gasteiger partial charge in [0.25, 0.3) is 0 Å². The summed E-state index contributed by atoms with van der Waals surface area (Å²) < 4.78 is 7.82. The number of ether oxygens (including phenoxy) is 1. The number of nitrogens with zero attached hydrogens (tertiary/aromatic N) is 4.